The first-order chi connectivity index (χ1) is 12.5. The Bertz CT molecular complexity index is 837. The van der Waals surface area contributed by atoms with Crippen LogP contribution in [0.4, 0.5) is 0 Å². The van der Waals surface area contributed by atoms with Gasteiger partial charge in [-0.2, -0.15) is 4.98 Å². The number of Topliss-reactive ketones (excluding diaryl/α,β-unsaturated/α-hetero) is 1. The Labute approximate surface area is 152 Å². The summed E-state index contributed by atoms with van der Waals surface area (Å²) in [5.41, 5.74) is 2.63. The zero-order valence-corrected chi connectivity index (χ0v) is 15.4. The summed E-state index contributed by atoms with van der Waals surface area (Å²) in [4.78, 5) is 30.7. The second-order valence-electron chi connectivity index (χ2n) is 6.88. The van der Waals surface area contributed by atoms with E-state index < -0.39 is 0 Å². The maximum Gasteiger partial charge on any atom is 0.229 e. The molecule has 6 heteroatoms. The molecule has 1 aliphatic rings. The monoisotopic (exact) mass is 353 g/mol. The lowest BCUT2D eigenvalue weighted by Crippen LogP contribution is -2.27. The van der Waals surface area contributed by atoms with Crippen molar-refractivity contribution in [3.05, 3.63) is 53.2 Å². The highest BCUT2D eigenvalue weighted by atomic mass is 16.5. The number of hydrogen-bond acceptors (Lipinski definition) is 5. The van der Waals surface area contributed by atoms with Crippen molar-refractivity contribution >= 4 is 17.3 Å². The highest BCUT2D eigenvalue weighted by molar-refractivity contribution is 6.10. The molecule has 0 saturated heterocycles. The molecule has 0 unspecified atom stereocenters. The fourth-order valence-electron chi connectivity index (χ4n) is 3.02. The molecular formula is C20H23N3O3. The van der Waals surface area contributed by atoms with E-state index in [1.54, 1.807) is 7.05 Å². The van der Waals surface area contributed by atoms with E-state index in [0.717, 1.165) is 11.1 Å². The van der Waals surface area contributed by atoms with Crippen LogP contribution in [0.1, 0.15) is 56.3 Å². The molecule has 1 aromatic carbocycles. The third kappa shape index (κ3) is 3.90. The summed E-state index contributed by atoms with van der Waals surface area (Å²) in [6, 6.07) is 9.79. The lowest BCUT2D eigenvalue weighted by Gasteiger charge is -2.16. The molecule has 1 heterocycles. The fraction of sp³-hybridized carbons (Fsp3) is 0.400. The topological polar surface area (TPSA) is 76.3 Å². The minimum atomic E-state index is -0.125. The van der Waals surface area contributed by atoms with Crippen LogP contribution >= 0.6 is 0 Å². The van der Waals surface area contributed by atoms with Crippen LogP contribution in [0.5, 0.6) is 0 Å². The van der Waals surface area contributed by atoms with Crippen molar-refractivity contribution in [1.82, 2.24) is 15.0 Å². The fourth-order valence-corrected chi connectivity index (χ4v) is 3.02. The van der Waals surface area contributed by atoms with Crippen LogP contribution in [-0.2, 0) is 16.1 Å². The number of ketones is 1. The second kappa shape index (κ2) is 7.64. The van der Waals surface area contributed by atoms with E-state index in [4.69, 9.17) is 4.52 Å². The summed E-state index contributed by atoms with van der Waals surface area (Å²) in [5.74, 6) is 1.11. The summed E-state index contributed by atoms with van der Waals surface area (Å²) in [5, 5.41) is 3.91. The lowest BCUT2D eigenvalue weighted by atomic mass is 10.00. The summed E-state index contributed by atoms with van der Waals surface area (Å²) < 4.78 is 5.17. The number of rotatable bonds is 6. The van der Waals surface area contributed by atoms with Gasteiger partial charge in [0.15, 0.2) is 11.6 Å². The van der Waals surface area contributed by atoms with Gasteiger partial charge in [0.25, 0.3) is 0 Å². The van der Waals surface area contributed by atoms with Crippen LogP contribution in [0.25, 0.3) is 5.57 Å². The third-order valence-corrected chi connectivity index (χ3v) is 4.54. The number of allylic oxidation sites excluding steroid dienone is 1. The zero-order chi connectivity index (χ0) is 18.7. The average Bonchev–Trinajstić information content (AvgIpc) is 3.23. The van der Waals surface area contributed by atoms with Crippen LogP contribution in [-0.4, -0.2) is 33.8 Å². The van der Waals surface area contributed by atoms with Gasteiger partial charge in [-0.3, -0.25) is 9.59 Å². The summed E-state index contributed by atoms with van der Waals surface area (Å²) in [6.45, 7) is 4.20. The Kier molecular flexibility index (Phi) is 5.30. The molecule has 0 saturated carbocycles. The predicted molar refractivity (Wildman–Crippen MR) is 97.1 cm³/mol. The Morgan fingerprint density at radius 1 is 1.23 bits per heavy atom. The van der Waals surface area contributed by atoms with Crippen LogP contribution in [0, 0.1) is 0 Å². The van der Waals surface area contributed by atoms with E-state index in [2.05, 4.69) is 10.1 Å². The average molecular weight is 353 g/mol. The number of carbonyl (C=O) groups is 2. The number of amides is 1. The molecule has 1 amide bonds. The molecule has 0 fully saturated rings. The van der Waals surface area contributed by atoms with E-state index in [1.807, 2.05) is 44.2 Å². The van der Waals surface area contributed by atoms with Gasteiger partial charge in [-0.1, -0.05) is 49.3 Å². The molecule has 0 radical (unpaired) electrons. The largest absolute Gasteiger partial charge is 0.339 e. The van der Waals surface area contributed by atoms with Gasteiger partial charge in [0.2, 0.25) is 11.8 Å². The number of carbonyl (C=O) groups excluding carboxylic acids is 2. The minimum absolute atomic E-state index is 0.0623. The maximum absolute atomic E-state index is 12.6. The van der Waals surface area contributed by atoms with Crippen LogP contribution in [0.2, 0.25) is 0 Å². The molecule has 26 heavy (non-hydrogen) atoms. The highest BCUT2D eigenvalue weighted by Gasteiger charge is 2.27. The molecule has 3 rings (SSSR count). The predicted octanol–water partition coefficient (Wildman–Crippen LogP) is 3.36. The molecular weight excluding hydrogens is 330 g/mol. The number of aromatic nitrogens is 2. The number of benzene rings is 1. The third-order valence-electron chi connectivity index (χ3n) is 4.54. The Morgan fingerprint density at radius 2 is 1.96 bits per heavy atom. The maximum atomic E-state index is 12.6. The summed E-state index contributed by atoms with van der Waals surface area (Å²) >= 11 is 0. The Balaban J connectivity index is 1.71. The van der Waals surface area contributed by atoms with Crippen molar-refractivity contribution in [3.8, 4) is 0 Å². The molecule has 1 aromatic heterocycles. The van der Waals surface area contributed by atoms with E-state index in [-0.39, 0.29) is 30.6 Å². The molecule has 1 aliphatic carbocycles. The zero-order valence-electron chi connectivity index (χ0n) is 15.4. The van der Waals surface area contributed by atoms with Crippen LogP contribution in [0.15, 0.2) is 40.4 Å². The van der Waals surface area contributed by atoms with Crippen molar-refractivity contribution in [2.24, 2.45) is 0 Å². The van der Waals surface area contributed by atoms with Crippen molar-refractivity contribution in [3.63, 3.8) is 0 Å². The summed E-state index contributed by atoms with van der Waals surface area (Å²) in [7, 11) is 1.69. The minimum Gasteiger partial charge on any atom is -0.339 e. The molecule has 2 aromatic rings. The molecule has 0 aliphatic heterocycles. The van der Waals surface area contributed by atoms with Gasteiger partial charge in [-0.15, -0.1) is 0 Å². The second-order valence-corrected chi connectivity index (χ2v) is 6.88. The molecule has 0 spiro atoms. The Hall–Kier alpha value is -2.76. The first-order valence-corrected chi connectivity index (χ1v) is 8.82. The summed E-state index contributed by atoms with van der Waals surface area (Å²) in [6.07, 6.45) is 1.27. The van der Waals surface area contributed by atoms with E-state index in [0.29, 0.717) is 30.1 Å². The van der Waals surface area contributed by atoms with E-state index in [9.17, 15) is 9.59 Å². The van der Waals surface area contributed by atoms with Crippen LogP contribution < -0.4 is 0 Å². The van der Waals surface area contributed by atoms with Crippen LogP contribution in [0.3, 0.4) is 0 Å². The normalized spacial score (nSPS) is 14.4. The van der Waals surface area contributed by atoms with Gasteiger partial charge in [-0.05, 0) is 17.6 Å². The first kappa shape index (κ1) is 18.0. The van der Waals surface area contributed by atoms with Crippen molar-refractivity contribution in [2.75, 3.05) is 7.05 Å². The van der Waals surface area contributed by atoms with Crippen molar-refractivity contribution < 1.29 is 14.1 Å². The molecule has 0 bridgehead atoms. The van der Waals surface area contributed by atoms with E-state index in [1.165, 1.54) is 4.90 Å². The van der Waals surface area contributed by atoms with Gasteiger partial charge < -0.3 is 9.42 Å². The van der Waals surface area contributed by atoms with Crippen molar-refractivity contribution in [2.45, 2.75) is 45.6 Å². The molecule has 0 atom stereocenters. The Morgan fingerprint density at radius 3 is 2.62 bits per heavy atom. The van der Waals surface area contributed by atoms with Gasteiger partial charge in [0, 0.05) is 25.0 Å². The van der Waals surface area contributed by atoms with Gasteiger partial charge >= 0.3 is 0 Å². The van der Waals surface area contributed by atoms with Crippen molar-refractivity contribution in [1.29, 1.82) is 0 Å². The smallest absolute Gasteiger partial charge is 0.229 e. The lowest BCUT2D eigenvalue weighted by molar-refractivity contribution is -0.130. The highest BCUT2D eigenvalue weighted by Crippen LogP contribution is 2.33. The number of hydrogen-bond donors (Lipinski definition) is 0. The first-order valence-electron chi connectivity index (χ1n) is 8.82. The van der Waals surface area contributed by atoms with E-state index >= 15 is 0 Å². The number of nitrogens with zero attached hydrogens (tertiary/aromatic N) is 3. The standard InChI is InChI=1S/C20H23N3O3/c1-13(2)20-21-18(22-26-20)12-23(3)19(25)11-16-15(9-10-17(16)24)14-7-5-4-6-8-14/h4-8,13H,9-12H2,1-3H3. The quantitative estimate of drug-likeness (QED) is 0.796. The molecule has 0 N–H and O–H groups in total. The molecule has 136 valence electrons. The van der Waals surface area contributed by atoms with Gasteiger partial charge in [0.1, 0.15) is 0 Å². The molecule has 6 nitrogen and oxygen atoms in total. The SMILES string of the molecule is CC(C)c1nc(CN(C)C(=O)CC2=C(c3ccccc3)CCC2=O)no1. The van der Waals surface area contributed by atoms with Gasteiger partial charge in [-0.25, -0.2) is 0 Å². The van der Waals surface area contributed by atoms with Gasteiger partial charge in [0.05, 0.1) is 13.0 Å².